The highest BCUT2D eigenvalue weighted by Crippen LogP contribution is 2.31. The molecule has 6 heteroatoms. The second-order valence-electron chi connectivity index (χ2n) is 2.38. The number of carbonyl (C=O) groups excluding carboxylic acids is 1. The van der Waals surface area contributed by atoms with E-state index in [9.17, 15) is 22.4 Å². The minimum absolute atomic E-state index is 0.132. The Kier molecular flexibility index (Phi) is 1.82. The molecule has 0 atom stereocenters. The maximum atomic E-state index is 13.1. The van der Waals surface area contributed by atoms with Gasteiger partial charge < -0.3 is 5.73 Å². The van der Waals surface area contributed by atoms with Crippen molar-refractivity contribution in [1.29, 1.82) is 0 Å². The van der Waals surface area contributed by atoms with Gasteiger partial charge in [0, 0.05) is 5.56 Å². The van der Waals surface area contributed by atoms with Crippen molar-refractivity contribution in [2.45, 2.75) is 6.18 Å². The summed E-state index contributed by atoms with van der Waals surface area (Å²) in [6.45, 7) is 0. The Morgan fingerprint density at radius 1 is 1.50 bits per heavy atom. The Hall–Kier alpha value is -1.59. The summed E-state index contributed by atoms with van der Waals surface area (Å²) in [6.07, 6.45) is -5.02. The van der Waals surface area contributed by atoms with E-state index < -0.39 is 41.1 Å². The van der Waals surface area contributed by atoms with E-state index in [0.717, 1.165) is 0 Å². The number of halogens is 4. The molecule has 0 aliphatic carbocycles. The molecule has 1 amide bonds. The summed E-state index contributed by atoms with van der Waals surface area (Å²) in [6, 6.07) is -2.11. The molecular formula is C8H5F4NO. The summed E-state index contributed by atoms with van der Waals surface area (Å²) in [7, 11) is 0. The van der Waals surface area contributed by atoms with Crippen LogP contribution in [0.4, 0.5) is 17.6 Å². The van der Waals surface area contributed by atoms with Crippen molar-refractivity contribution in [3.8, 4) is 0 Å². The third-order valence-corrected chi connectivity index (χ3v) is 1.38. The predicted octanol–water partition coefficient (Wildman–Crippen LogP) is 1.94. The Bertz CT molecular complexity index is 458. The summed E-state index contributed by atoms with van der Waals surface area (Å²) in [5.41, 5.74) is 2.09. The van der Waals surface area contributed by atoms with Gasteiger partial charge in [0.15, 0.2) is 0 Å². The first-order valence-corrected chi connectivity index (χ1v) is 3.33. The first-order valence-electron chi connectivity index (χ1n) is 4.33. The number of benzene rings is 1. The fourth-order valence-electron chi connectivity index (χ4n) is 0.760. The molecule has 0 saturated carbocycles. The molecule has 0 spiro atoms. The smallest absolute Gasteiger partial charge is 0.366 e. The zero-order valence-corrected chi connectivity index (χ0v) is 6.57. The highest BCUT2D eigenvalue weighted by molar-refractivity contribution is 5.92. The van der Waals surface area contributed by atoms with Crippen LogP contribution in [0.3, 0.4) is 0 Å². The maximum Gasteiger partial charge on any atom is 0.419 e. The van der Waals surface area contributed by atoms with Gasteiger partial charge in [0.1, 0.15) is 5.82 Å². The average Bonchev–Trinajstić information content (AvgIpc) is 2.09. The standard InChI is InChI=1S/C8H5F4NO/c9-6-3-4(7(13)14)1-2-5(6)8(10,11)12/h1-3H,(H2,13,14)/i1D,3D. The van der Waals surface area contributed by atoms with Crippen molar-refractivity contribution < 1.29 is 25.1 Å². The van der Waals surface area contributed by atoms with Gasteiger partial charge in [-0.15, -0.1) is 0 Å². The third-order valence-electron chi connectivity index (χ3n) is 1.38. The van der Waals surface area contributed by atoms with Crippen molar-refractivity contribution in [2.24, 2.45) is 5.73 Å². The zero-order valence-electron chi connectivity index (χ0n) is 8.57. The number of rotatable bonds is 1. The zero-order chi connectivity index (χ0) is 12.7. The summed E-state index contributed by atoms with van der Waals surface area (Å²) < 4.78 is 63.8. The van der Waals surface area contributed by atoms with Gasteiger partial charge in [0.2, 0.25) is 5.91 Å². The second-order valence-corrected chi connectivity index (χ2v) is 2.38. The third kappa shape index (κ3) is 2.01. The second kappa shape index (κ2) is 3.28. The van der Waals surface area contributed by atoms with E-state index in [1.54, 1.807) is 0 Å². The maximum absolute atomic E-state index is 13.1. The van der Waals surface area contributed by atoms with E-state index in [4.69, 9.17) is 8.48 Å². The van der Waals surface area contributed by atoms with Crippen molar-refractivity contribution in [3.63, 3.8) is 0 Å². The van der Waals surface area contributed by atoms with Gasteiger partial charge in [0.25, 0.3) is 0 Å². The molecule has 0 unspecified atom stereocenters. The fraction of sp³-hybridized carbons (Fsp3) is 0.125. The monoisotopic (exact) mass is 209 g/mol. The number of hydrogen-bond acceptors (Lipinski definition) is 1. The Morgan fingerprint density at radius 3 is 2.50 bits per heavy atom. The molecule has 2 nitrogen and oxygen atoms in total. The summed E-state index contributed by atoms with van der Waals surface area (Å²) in [5, 5.41) is 0. The number of nitrogens with two attached hydrogens (primary N) is 1. The molecule has 0 fully saturated rings. The van der Waals surface area contributed by atoms with E-state index in [0.29, 0.717) is 0 Å². The number of hydrogen-bond donors (Lipinski definition) is 1. The normalized spacial score (nSPS) is 13.4. The number of amides is 1. The summed E-state index contributed by atoms with van der Waals surface area (Å²) >= 11 is 0. The molecule has 0 saturated heterocycles. The molecule has 1 rings (SSSR count). The molecule has 0 heterocycles. The number of primary amides is 1. The van der Waals surface area contributed by atoms with E-state index >= 15 is 0 Å². The topological polar surface area (TPSA) is 43.1 Å². The lowest BCUT2D eigenvalue weighted by atomic mass is 10.1. The Balaban J connectivity index is 3.58. The molecule has 0 radical (unpaired) electrons. The minimum atomic E-state index is -5.02. The van der Waals surface area contributed by atoms with Gasteiger partial charge in [0.05, 0.1) is 8.30 Å². The van der Waals surface area contributed by atoms with Crippen LogP contribution in [0.1, 0.15) is 18.7 Å². The molecule has 1 aromatic rings. The molecule has 0 aliphatic heterocycles. The van der Waals surface area contributed by atoms with Crippen LogP contribution < -0.4 is 5.73 Å². The van der Waals surface area contributed by atoms with Gasteiger partial charge in [-0.3, -0.25) is 4.79 Å². The molecule has 76 valence electrons. The van der Waals surface area contributed by atoms with Gasteiger partial charge >= 0.3 is 6.18 Å². The van der Waals surface area contributed by atoms with Crippen LogP contribution in [0.2, 0.25) is 0 Å². The van der Waals surface area contributed by atoms with Crippen molar-refractivity contribution >= 4 is 5.91 Å². The SMILES string of the molecule is [2H]c1cc(C(F)(F)F)c(F)c([2H])c1C(N)=O. The van der Waals surface area contributed by atoms with Crippen molar-refractivity contribution in [1.82, 2.24) is 0 Å². The molecule has 0 aromatic heterocycles. The molecule has 1 aromatic carbocycles. The van der Waals surface area contributed by atoms with Crippen LogP contribution in [0, 0.1) is 5.82 Å². The van der Waals surface area contributed by atoms with E-state index in [1.165, 1.54) is 0 Å². The van der Waals surface area contributed by atoms with Crippen LogP contribution in [-0.2, 0) is 6.18 Å². The van der Waals surface area contributed by atoms with Crippen LogP contribution in [0.15, 0.2) is 18.2 Å². The Morgan fingerprint density at radius 2 is 2.07 bits per heavy atom. The molecule has 2 N–H and O–H groups in total. The quantitative estimate of drug-likeness (QED) is 0.705. The van der Waals surface area contributed by atoms with Crippen molar-refractivity contribution in [2.75, 3.05) is 0 Å². The minimum Gasteiger partial charge on any atom is -0.366 e. The summed E-state index contributed by atoms with van der Waals surface area (Å²) in [5.74, 6) is -3.22. The van der Waals surface area contributed by atoms with Gasteiger partial charge in [-0.05, 0) is 18.2 Å². The van der Waals surface area contributed by atoms with Crippen LogP contribution >= 0.6 is 0 Å². The van der Waals surface area contributed by atoms with E-state index in [1.807, 2.05) is 0 Å². The number of alkyl halides is 3. The van der Waals surface area contributed by atoms with Gasteiger partial charge in [-0.2, -0.15) is 13.2 Å². The van der Waals surface area contributed by atoms with Gasteiger partial charge in [-0.1, -0.05) is 0 Å². The lowest BCUT2D eigenvalue weighted by molar-refractivity contribution is -0.140. The van der Waals surface area contributed by atoms with Crippen LogP contribution in [0.5, 0.6) is 0 Å². The molecular weight excluding hydrogens is 202 g/mol. The van der Waals surface area contributed by atoms with E-state index in [-0.39, 0.29) is 6.07 Å². The fourth-order valence-corrected chi connectivity index (χ4v) is 0.760. The average molecular weight is 209 g/mol. The largest absolute Gasteiger partial charge is 0.419 e. The van der Waals surface area contributed by atoms with Gasteiger partial charge in [-0.25, -0.2) is 4.39 Å². The van der Waals surface area contributed by atoms with E-state index in [2.05, 4.69) is 0 Å². The first kappa shape index (κ1) is 7.78. The lowest BCUT2D eigenvalue weighted by Gasteiger charge is -2.07. The molecule has 14 heavy (non-hydrogen) atoms. The predicted molar refractivity (Wildman–Crippen MR) is 39.9 cm³/mol. The van der Waals surface area contributed by atoms with Crippen molar-refractivity contribution in [3.05, 3.63) is 35.1 Å². The lowest BCUT2D eigenvalue weighted by Crippen LogP contribution is -2.14. The highest BCUT2D eigenvalue weighted by Gasteiger charge is 2.34. The van der Waals surface area contributed by atoms with Crippen LogP contribution in [-0.4, -0.2) is 5.91 Å². The Labute approximate surface area is 79.1 Å². The molecule has 0 bridgehead atoms. The number of carbonyl (C=O) groups is 1. The highest BCUT2D eigenvalue weighted by atomic mass is 19.4. The first-order chi connectivity index (χ1) is 7.16. The molecule has 0 aliphatic rings. The summed E-state index contributed by atoms with van der Waals surface area (Å²) in [4.78, 5) is 10.7. The van der Waals surface area contributed by atoms with Crippen LogP contribution in [0.25, 0.3) is 0 Å².